The maximum atomic E-state index is 9.29. The molecule has 0 aliphatic heterocycles. The predicted octanol–water partition coefficient (Wildman–Crippen LogP) is 0.823. The van der Waals surface area contributed by atoms with Gasteiger partial charge in [-0.25, -0.2) is 0 Å². The van der Waals surface area contributed by atoms with Crippen LogP contribution in [-0.2, 0) is 0 Å². The molecule has 3 nitrogen and oxygen atoms in total. The molecule has 0 spiro atoms. The molecule has 0 aliphatic carbocycles. The molecule has 0 aliphatic rings. The zero-order valence-electron chi connectivity index (χ0n) is 8.27. The Morgan fingerprint density at radius 2 is 1.75 bits per heavy atom. The van der Waals surface area contributed by atoms with E-state index in [-0.39, 0.29) is 0 Å². The average molecular weight is 174 g/mol. The van der Waals surface area contributed by atoms with Crippen molar-refractivity contribution in [3.8, 4) is 0 Å². The first kappa shape index (κ1) is 11.9. The monoisotopic (exact) mass is 174 g/mol. The van der Waals surface area contributed by atoms with Gasteiger partial charge < -0.3 is 10.8 Å². The maximum absolute atomic E-state index is 9.29. The highest BCUT2D eigenvalue weighted by molar-refractivity contribution is 4.61. The van der Waals surface area contributed by atoms with Gasteiger partial charge >= 0.3 is 0 Å². The lowest BCUT2D eigenvalue weighted by molar-refractivity contribution is 0.0435. The third-order valence-electron chi connectivity index (χ3n) is 1.69. The molecule has 0 saturated heterocycles. The Bertz CT molecular complexity index is 99.2. The molecule has 0 aromatic carbocycles. The smallest absolute Gasteiger partial charge is 0.110 e. The van der Waals surface area contributed by atoms with Gasteiger partial charge in [0.25, 0.3) is 0 Å². The van der Waals surface area contributed by atoms with Gasteiger partial charge in [0.15, 0.2) is 0 Å². The first-order valence-electron chi connectivity index (χ1n) is 4.74. The van der Waals surface area contributed by atoms with Crippen LogP contribution in [0, 0.1) is 0 Å². The summed E-state index contributed by atoms with van der Waals surface area (Å²) < 4.78 is 0. The summed E-state index contributed by atoms with van der Waals surface area (Å²) in [6.07, 6.45) is 4.62. The quantitative estimate of drug-likeness (QED) is 0.396. The molecule has 3 heteroatoms. The van der Waals surface area contributed by atoms with E-state index in [0.717, 1.165) is 25.9 Å². The normalized spacial score (nSPS) is 12.0. The van der Waals surface area contributed by atoms with E-state index in [1.807, 2.05) is 0 Å². The first-order chi connectivity index (χ1) is 5.56. The standard InChI is InChI=1S/C9H22N2O/c1-9(2,12)11-8-6-4-3-5-7-10/h11-12H,3-8,10H2,1-2H3. The summed E-state index contributed by atoms with van der Waals surface area (Å²) in [5.74, 6) is 0. The van der Waals surface area contributed by atoms with Crippen molar-refractivity contribution in [3.05, 3.63) is 0 Å². The molecule has 0 heterocycles. The van der Waals surface area contributed by atoms with Crippen LogP contribution in [0.25, 0.3) is 0 Å². The van der Waals surface area contributed by atoms with Crippen LogP contribution in [0.3, 0.4) is 0 Å². The Kier molecular flexibility index (Phi) is 6.34. The van der Waals surface area contributed by atoms with E-state index >= 15 is 0 Å². The molecule has 74 valence electrons. The van der Waals surface area contributed by atoms with Crippen LogP contribution in [0.4, 0.5) is 0 Å². The number of hydrogen-bond donors (Lipinski definition) is 3. The van der Waals surface area contributed by atoms with Crippen molar-refractivity contribution < 1.29 is 5.11 Å². The van der Waals surface area contributed by atoms with Gasteiger partial charge in [0, 0.05) is 0 Å². The molecule has 0 bridgehead atoms. The van der Waals surface area contributed by atoms with Crippen molar-refractivity contribution in [3.63, 3.8) is 0 Å². The average Bonchev–Trinajstić information content (AvgIpc) is 1.94. The van der Waals surface area contributed by atoms with Gasteiger partial charge in [0.1, 0.15) is 5.72 Å². The summed E-state index contributed by atoms with van der Waals surface area (Å²) >= 11 is 0. The van der Waals surface area contributed by atoms with Gasteiger partial charge in [-0.3, -0.25) is 5.32 Å². The lowest BCUT2D eigenvalue weighted by Gasteiger charge is -2.18. The van der Waals surface area contributed by atoms with E-state index in [1.165, 1.54) is 12.8 Å². The topological polar surface area (TPSA) is 58.3 Å². The molecule has 0 saturated carbocycles. The van der Waals surface area contributed by atoms with Crippen molar-refractivity contribution in [2.24, 2.45) is 5.73 Å². The zero-order chi connectivity index (χ0) is 9.45. The fraction of sp³-hybridized carbons (Fsp3) is 1.00. The van der Waals surface area contributed by atoms with Crippen LogP contribution in [0.15, 0.2) is 0 Å². The summed E-state index contributed by atoms with van der Waals surface area (Å²) in [5, 5.41) is 12.3. The predicted molar refractivity (Wildman–Crippen MR) is 51.8 cm³/mol. The van der Waals surface area contributed by atoms with E-state index in [4.69, 9.17) is 5.73 Å². The number of unbranched alkanes of at least 4 members (excludes halogenated alkanes) is 3. The Morgan fingerprint density at radius 3 is 2.25 bits per heavy atom. The number of nitrogens with one attached hydrogen (secondary N) is 1. The Labute approximate surface area is 75.3 Å². The molecular weight excluding hydrogens is 152 g/mol. The Balaban J connectivity index is 3.01. The van der Waals surface area contributed by atoms with E-state index in [0.29, 0.717) is 0 Å². The van der Waals surface area contributed by atoms with E-state index in [2.05, 4.69) is 5.32 Å². The van der Waals surface area contributed by atoms with Crippen LogP contribution in [0.1, 0.15) is 39.5 Å². The molecular formula is C9H22N2O. The van der Waals surface area contributed by atoms with Crippen LogP contribution in [0.2, 0.25) is 0 Å². The van der Waals surface area contributed by atoms with E-state index < -0.39 is 5.72 Å². The highest BCUT2D eigenvalue weighted by Crippen LogP contribution is 1.99. The zero-order valence-corrected chi connectivity index (χ0v) is 8.27. The van der Waals surface area contributed by atoms with Gasteiger partial charge in [-0.1, -0.05) is 12.8 Å². The van der Waals surface area contributed by atoms with Crippen molar-refractivity contribution >= 4 is 0 Å². The summed E-state index contributed by atoms with van der Waals surface area (Å²) in [6.45, 7) is 5.19. The second kappa shape index (κ2) is 6.40. The van der Waals surface area contributed by atoms with Gasteiger partial charge in [-0.05, 0) is 39.8 Å². The number of hydrogen-bond acceptors (Lipinski definition) is 3. The number of aliphatic hydroxyl groups is 1. The van der Waals surface area contributed by atoms with E-state index in [1.54, 1.807) is 13.8 Å². The SMILES string of the molecule is CC(C)(O)NCCCCCCN. The fourth-order valence-electron chi connectivity index (χ4n) is 1.02. The van der Waals surface area contributed by atoms with Gasteiger partial charge in [0.05, 0.1) is 0 Å². The van der Waals surface area contributed by atoms with Gasteiger partial charge in [0.2, 0.25) is 0 Å². The van der Waals surface area contributed by atoms with Gasteiger partial charge in [-0.15, -0.1) is 0 Å². The van der Waals surface area contributed by atoms with Crippen molar-refractivity contribution in [2.45, 2.75) is 45.3 Å². The van der Waals surface area contributed by atoms with Crippen LogP contribution < -0.4 is 11.1 Å². The second-order valence-corrected chi connectivity index (χ2v) is 3.69. The highest BCUT2D eigenvalue weighted by Gasteiger charge is 2.08. The molecule has 4 N–H and O–H groups in total. The lowest BCUT2D eigenvalue weighted by Crippen LogP contribution is -2.39. The Morgan fingerprint density at radius 1 is 1.17 bits per heavy atom. The van der Waals surface area contributed by atoms with Crippen LogP contribution >= 0.6 is 0 Å². The maximum Gasteiger partial charge on any atom is 0.110 e. The molecule has 0 aromatic heterocycles. The molecule has 0 aromatic rings. The molecule has 0 amide bonds. The van der Waals surface area contributed by atoms with Crippen LogP contribution in [0.5, 0.6) is 0 Å². The summed E-state index contributed by atoms with van der Waals surface area (Å²) in [4.78, 5) is 0. The third-order valence-corrected chi connectivity index (χ3v) is 1.69. The van der Waals surface area contributed by atoms with Crippen LogP contribution in [-0.4, -0.2) is 23.9 Å². The third kappa shape index (κ3) is 9.88. The molecule has 0 unspecified atom stereocenters. The molecule has 0 rings (SSSR count). The molecule has 12 heavy (non-hydrogen) atoms. The molecule has 0 radical (unpaired) electrons. The van der Waals surface area contributed by atoms with Crippen molar-refractivity contribution in [1.82, 2.24) is 5.32 Å². The fourth-order valence-corrected chi connectivity index (χ4v) is 1.02. The first-order valence-corrected chi connectivity index (χ1v) is 4.74. The van der Waals surface area contributed by atoms with E-state index in [9.17, 15) is 5.11 Å². The summed E-state index contributed by atoms with van der Waals surface area (Å²) in [6, 6.07) is 0. The largest absolute Gasteiger partial charge is 0.376 e. The minimum atomic E-state index is -0.728. The number of nitrogens with two attached hydrogens (primary N) is 1. The highest BCUT2D eigenvalue weighted by atomic mass is 16.3. The Hall–Kier alpha value is -0.120. The van der Waals surface area contributed by atoms with Crippen molar-refractivity contribution in [2.75, 3.05) is 13.1 Å². The lowest BCUT2D eigenvalue weighted by atomic mass is 10.2. The van der Waals surface area contributed by atoms with Crippen molar-refractivity contribution in [1.29, 1.82) is 0 Å². The second-order valence-electron chi connectivity index (χ2n) is 3.69. The minimum absolute atomic E-state index is 0.728. The molecule has 0 atom stereocenters. The van der Waals surface area contributed by atoms with Gasteiger partial charge in [-0.2, -0.15) is 0 Å². The summed E-state index contributed by atoms with van der Waals surface area (Å²) in [7, 11) is 0. The molecule has 0 fully saturated rings. The minimum Gasteiger partial charge on any atom is -0.376 e. The summed E-state index contributed by atoms with van der Waals surface area (Å²) in [5.41, 5.74) is 4.63. The number of rotatable bonds is 7.